The van der Waals surface area contributed by atoms with Crippen molar-refractivity contribution in [1.82, 2.24) is 9.97 Å². The monoisotopic (exact) mass is 260 g/mol. The molecule has 0 saturated carbocycles. The average Bonchev–Trinajstić information content (AvgIpc) is 2.87. The predicted molar refractivity (Wildman–Crippen MR) is 73.2 cm³/mol. The molecule has 1 heterocycles. The van der Waals surface area contributed by atoms with E-state index in [0.717, 1.165) is 36.5 Å². The zero-order valence-electron chi connectivity index (χ0n) is 10.7. The largest absolute Gasteiger partial charge is 0.385 e. The van der Waals surface area contributed by atoms with E-state index in [1.165, 1.54) is 0 Å². The fourth-order valence-electron chi connectivity index (χ4n) is 1.89. The van der Waals surface area contributed by atoms with Crippen LogP contribution in [0, 0.1) is 17.0 Å². The third kappa shape index (κ3) is 3.80. The van der Waals surface area contributed by atoms with Crippen LogP contribution in [0.1, 0.15) is 17.8 Å². The summed E-state index contributed by atoms with van der Waals surface area (Å²) < 4.78 is 0. The zero-order valence-corrected chi connectivity index (χ0v) is 10.7. The molecular weight excluding hydrogens is 244 g/mol. The Balaban J connectivity index is 1.87. The molecule has 0 saturated heterocycles. The van der Waals surface area contributed by atoms with Crippen LogP contribution in [0.3, 0.4) is 0 Å². The summed E-state index contributed by atoms with van der Waals surface area (Å²) in [6, 6.07) is 5.02. The van der Waals surface area contributed by atoms with E-state index >= 15 is 0 Å². The van der Waals surface area contributed by atoms with E-state index in [-0.39, 0.29) is 10.6 Å². The van der Waals surface area contributed by atoms with E-state index in [2.05, 4.69) is 15.3 Å². The van der Waals surface area contributed by atoms with Crippen molar-refractivity contribution in [1.29, 1.82) is 0 Å². The minimum atomic E-state index is -0.374. The van der Waals surface area contributed by atoms with Gasteiger partial charge in [-0.25, -0.2) is 4.98 Å². The van der Waals surface area contributed by atoms with Crippen molar-refractivity contribution in [3.8, 4) is 0 Å². The van der Waals surface area contributed by atoms with E-state index in [4.69, 9.17) is 0 Å². The standard InChI is InChI=1S/C13H16N4O2/c1-10-7-11(9-12(8-10)17(18)19)14-4-2-3-13-15-5-6-16-13/h5-9,14H,2-4H2,1H3,(H,15,16). The number of rotatable bonds is 6. The molecule has 0 radical (unpaired) electrons. The van der Waals surface area contributed by atoms with Gasteiger partial charge in [0.2, 0.25) is 0 Å². The normalized spacial score (nSPS) is 10.4. The van der Waals surface area contributed by atoms with Crippen LogP contribution < -0.4 is 5.32 Å². The number of H-pyrrole nitrogens is 1. The molecule has 100 valence electrons. The lowest BCUT2D eigenvalue weighted by molar-refractivity contribution is -0.384. The molecule has 0 spiro atoms. The summed E-state index contributed by atoms with van der Waals surface area (Å²) in [5.74, 6) is 0.956. The maximum atomic E-state index is 10.8. The third-order valence-electron chi connectivity index (χ3n) is 2.75. The van der Waals surface area contributed by atoms with Crippen molar-refractivity contribution in [3.63, 3.8) is 0 Å². The quantitative estimate of drug-likeness (QED) is 0.475. The highest BCUT2D eigenvalue weighted by atomic mass is 16.6. The van der Waals surface area contributed by atoms with Gasteiger partial charge in [-0.15, -0.1) is 0 Å². The van der Waals surface area contributed by atoms with Gasteiger partial charge in [0, 0.05) is 43.2 Å². The number of hydrogen-bond donors (Lipinski definition) is 2. The van der Waals surface area contributed by atoms with E-state index in [1.54, 1.807) is 24.5 Å². The fraction of sp³-hybridized carbons (Fsp3) is 0.308. The van der Waals surface area contributed by atoms with Gasteiger partial charge in [0.1, 0.15) is 5.82 Å². The highest BCUT2D eigenvalue weighted by Gasteiger charge is 2.07. The molecule has 6 heteroatoms. The second kappa shape index (κ2) is 5.99. The van der Waals surface area contributed by atoms with Gasteiger partial charge in [0.05, 0.1) is 4.92 Å². The summed E-state index contributed by atoms with van der Waals surface area (Å²) in [5.41, 5.74) is 1.78. The molecule has 1 aromatic heterocycles. The second-order valence-electron chi connectivity index (χ2n) is 4.38. The number of nitrogens with one attached hydrogen (secondary N) is 2. The summed E-state index contributed by atoms with van der Waals surface area (Å²) in [4.78, 5) is 17.6. The summed E-state index contributed by atoms with van der Waals surface area (Å²) in [5, 5.41) is 14.0. The minimum Gasteiger partial charge on any atom is -0.385 e. The number of non-ortho nitro benzene ring substituents is 1. The number of benzene rings is 1. The Kier molecular flexibility index (Phi) is 4.12. The lowest BCUT2D eigenvalue weighted by Crippen LogP contribution is -2.04. The van der Waals surface area contributed by atoms with E-state index < -0.39 is 0 Å². The summed E-state index contributed by atoms with van der Waals surface area (Å²) in [6.45, 7) is 2.60. The van der Waals surface area contributed by atoms with Crippen LogP contribution in [0.15, 0.2) is 30.6 Å². The van der Waals surface area contributed by atoms with Crippen LogP contribution in [0.2, 0.25) is 0 Å². The molecule has 0 aliphatic rings. The van der Waals surface area contributed by atoms with Gasteiger partial charge in [-0.3, -0.25) is 10.1 Å². The number of nitro benzene ring substituents is 1. The topological polar surface area (TPSA) is 83.8 Å². The first-order valence-electron chi connectivity index (χ1n) is 6.13. The van der Waals surface area contributed by atoms with Crippen LogP contribution >= 0.6 is 0 Å². The van der Waals surface area contributed by atoms with Gasteiger partial charge in [0.25, 0.3) is 5.69 Å². The molecule has 0 aliphatic carbocycles. The highest BCUT2D eigenvalue weighted by molar-refractivity contribution is 5.53. The maximum Gasteiger partial charge on any atom is 0.271 e. The van der Waals surface area contributed by atoms with Crippen LogP contribution in [-0.4, -0.2) is 21.4 Å². The smallest absolute Gasteiger partial charge is 0.271 e. The Bertz CT molecular complexity index is 552. The summed E-state index contributed by atoms with van der Waals surface area (Å²) >= 11 is 0. The van der Waals surface area contributed by atoms with E-state index in [1.807, 2.05) is 13.0 Å². The number of imidazole rings is 1. The molecule has 2 N–H and O–H groups in total. The molecule has 0 unspecified atom stereocenters. The second-order valence-corrected chi connectivity index (χ2v) is 4.38. The van der Waals surface area contributed by atoms with Crippen molar-refractivity contribution in [2.75, 3.05) is 11.9 Å². The third-order valence-corrected chi connectivity index (χ3v) is 2.75. The lowest BCUT2D eigenvalue weighted by Gasteiger charge is -2.06. The molecule has 0 atom stereocenters. The molecule has 0 fully saturated rings. The van der Waals surface area contributed by atoms with Crippen LogP contribution in [0.5, 0.6) is 0 Å². The molecule has 6 nitrogen and oxygen atoms in total. The highest BCUT2D eigenvalue weighted by Crippen LogP contribution is 2.20. The molecule has 2 aromatic rings. The number of nitro groups is 1. The molecule has 0 amide bonds. The van der Waals surface area contributed by atoms with Gasteiger partial charge >= 0.3 is 0 Å². The Hall–Kier alpha value is -2.37. The van der Waals surface area contributed by atoms with Crippen molar-refractivity contribution >= 4 is 11.4 Å². The predicted octanol–water partition coefficient (Wildman–Crippen LogP) is 2.67. The molecular formula is C13H16N4O2. The zero-order chi connectivity index (χ0) is 13.7. The lowest BCUT2D eigenvalue weighted by atomic mass is 10.2. The van der Waals surface area contributed by atoms with E-state index in [9.17, 15) is 10.1 Å². The minimum absolute atomic E-state index is 0.119. The number of aromatic amines is 1. The van der Waals surface area contributed by atoms with Gasteiger partial charge in [-0.2, -0.15) is 0 Å². The molecule has 2 rings (SSSR count). The van der Waals surface area contributed by atoms with E-state index in [0.29, 0.717) is 0 Å². The fourth-order valence-corrected chi connectivity index (χ4v) is 1.89. The van der Waals surface area contributed by atoms with Gasteiger partial charge in [-0.1, -0.05) is 0 Å². The average molecular weight is 260 g/mol. The van der Waals surface area contributed by atoms with Gasteiger partial charge < -0.3 is 10.3 Å². The molecule has 0 aliphatic heterocycles. The van der Waals surface area contributed by atoms with Gasteiger partial charge in [-0.05, 0) is 25.0 Å². The Morgan fingerprint density at radius 1 is 1.42 bits per heavy atom. The Morgan fingerprint density at radius 3 is 2.95 bits per heavy atom. The Morgan fingerprint density at radius 2 is 2.26 bits per heavy atom. The Labute approximate surface area is 111 Å². The SMILES string of the molecule is Cc1cc(NCCCc2ncc[nH]2)cc([N+](=O)[O-])c1. The number of aromatic nitrogens is 2. The number of aryl methyl sites for hydroxylation is 2. The summed E-state index contributed by atoms with van der Waals surface area (Å²) in [7, 11) is 0. The van der Waals surface area contributed by atoms with Crippen molar-refractivity contribution in [3.05, 3.63) is 52.1 Å². The summed E-state index contributed by atoms with van der Waals surface area (Å²) in [6.07, 6.45) is 5.29. The maximum absolute atomic E-state index is 10.8. The first-order valence-corrected chi connectivity index (χ1v) is 6.13. The molecule has 0 bridgehead atoms. The molecule has 19 heavy (non-hydrogen) atoms. The first kappa shape index (κ1) is 13.1. The van der Waals surface area contributed by atoms with Crippen LogP contribution in [-0.2, 0) is 6.42 Å². The first-order chi connectivity index (χ1) is 9.15. The number of hydrogen-bond acceptors (Lipinski definition) is 4. The van der Waals surface area contributed by atoms with Gasteiger partial charge in [0.15, 0.2) is 0 Å². The van der Waals surface area contributed by atoms with Crippen molar-refractivity contribution < 1.29 is 4.92 Å². The molecule has 1 aromatic carbocycles. The van der Waals surface area contributed by atoms with Crippen molar-refractivity contribution in [2.45, 2.75) is 19.8 Å². The van der Waals surface area contributed by atoms with Crippen molar-refractivity contribution in [2.24, 2.45) is 0 Å². The van der Waals surface area contributed by atoms with Crippen LogP contribution in [0.25, 0.3) is 0 Å². The van der Waals surface area contributed by atoms with Crippen LogP contribution in [0.4, 0.5) is 11.4 Å². The number of anilines is 1. The number of nitrogens with zero attached hydrogens (tertiary/aromatic N) is 2.